The molecule has 0 bridgehead atoms. The van der Waals surface area contributed by atoms with Crippen molar-refractivity contribution in [3.63, 3.8) is 0 Å². The van der Waals surface area contributed by atoms with Crippen LogP contribution in [0.4, 0.5) is 17.6 Å². The van der Waals surface area contributed by atoms with Crippen LogP contribution in [0.3, 0.4) is 0 Å². The van der Waals surface area contributed by atoms with E-state index in [2.05, 4.69) is 30.3 Å². The Bertz CT molecular complexity index is 1060. The molecule has 0 aromatic rings. The Balaban J connectivity index is 1.66. The molecule has 3 aliphatic carbocycles. The minimum absolute atomic E-state index is 0.00663. The van der Waals surface area contributed by atoms with Crippen LogP contribution in [0, 0.1) is 87.8 Å². The lowest BCUT2D eigenvalue weighted by Gasteiger charge is -2.31. The zero-order valence-electron chi connectivity index (χ0n) is 22.5. The largest absolute Gasteiger partial charge is 0.502 e. The Morgan fingerprint density at radius 2 is 1.25 bits per heavy atom. The number of rotatable bonds is 7. The molecule has 3 saturated carbocycles. The lowest BCUT2D eigenvalue weighted by atomic mass is 9.73. The highest BCUT2D eigenvalue weighted by molar-refractivity contribution is 5.73. The van der Waals surface area contributed by atoms with Crippen molar-refractivity contribution in [1.82, 2.24) is 0 Å². The third-order valence-electron chi connectivity index (χ3n) is 8.03. The molecule has 0 N–H and O–H groups in total. The van der Waals surface area contributed by atoms with Crippen LogP contribution in [0.1, 0.15) is 57.8 Å². The molecule has 3 fully saturated rings. The van der Waals surface area contributed by atoms with Gasteiger partial charge in [-0.25, -0.2) is 17.6 Å². The molecular weight excluding hydrogens is 524 g/mol. The van der Waals surface area contributed by atoms with Crippen LogP contribution in [-0.2, 0) is 14.3 Å². The maximum absolute atomic E-state index is 14.3. The van der Waals surface area contributed by atoms with Gasteiger partial charge in [0.1, 0.15) is 36.5 Å². The number of ether oxygens (including phenoxy) is 2. The number of unbranched alkanes of at least 4 members (excludes halogenated alkanes) is 1. The minimum atomic E-state index is -1.58. The number of halogens is 4. The number of nitriles is 2. The van der Waals surface area contributed by atoms with E-state index in [4.69, 9.17) is 20.0 Å². The monoisotopic (exact) mass is 560 g/mol. The molecule has 0 aromatic carbocycles. The highest BCUT2D eigenvalue weighted by atomic mass is 19.2. The fourth-order valence-electron chi connectivity index (χ4n) is 5.72. The van der Waals surface area contributed by atoms with E-state index in [0.717, 1.165) is 0 Å². The van der Waals surface area contributed by atoms with Crippen molar-refractivity contribution in [3.05, 3.63) is 12.8 Å². The summed E-state index contributed by atoms with van der Waals surface area (Å²) in [6.07, 6.45) is -2.20. The van der Waals surface area contributed by atoms with Crippen LogP contribution in [-0.4, -0.2) is 43.9 Å². The molecule has 0 aliphatic heterocycles. The quantitative estimate of drug-likeness (QED) is 0.126. The van der Waals surface area contributed by atoms with Crippen molar-refractivity contribution in [2.24, 2.45) is 41.4 Å². The molecule has 9 heteroatoms. The summed E-state index contributed by atoms with van der Waals surface area (Å²) >= 11 is 0. The van der Waals surface area contributed by atoms with Crippen LogP contribution in [0.15, 0.2) is 12.8 Å². The molecule has 0 spiro atoms. The van der Waals surface area contributed by atoms with Crippen LogP contribution in [0.5, 0.6) is 0 Å². The predicted octanol–water partition coefficient (Wildman–Crippen LogP) is 5.96. The predicted molar refractivity (Wildman–Crippen MR) is 139 cm³/mol. The minimum Gasteiger partial charge on any atom is -0.502 e. The molecule has 0 aromatic heterocycles. The Hall–Kier alpha value is -3.17. The van der Waals surface area contributed by atoms with Crippen LogP contribution in [0.2, 0.25) is 0 Å². The van der Waals surface area contributed by atoms with Gasteiger partial charge in [0.15, 0.2) is 0 Å². The first-order valence-electron chi connectivity index (χ1n) is 14.0. The van der Waals surface area contributed by atoms with E-state index < -0.39 is 60.2 Å². The van der Waals surface area contributed by atoms with Gasteiger partial charge in [-0.05, 0) is 57.8 Å². The van der Waals surface area contributed by atoms with Gasteiger partial charge in [0.2, 0.25) is 0 Å². The highest BCUT2D eigenvalue weighted by Gasteiger charge is 2.40. The average molecular weight is 561 g/mol. The number of esters is 1. The standard InChI is InChI=1S/C31H36F4N2O3/c1-2-39-11-3-4-12-40-31(38)24-13-20(5-6-21-14-27(32)25(18-36)28(33)15-21)7-9-23(24)10-8-22-16-29(34)26(19-37)30(35)17-22/h2,20-30H,1,3-4,7,9,11-17H2. The second kappa shape index (κ2) is 15.6. The normalized spacial score (nSPS) is 37.2. The molecule has 0 saturated heterocycles. The van der Waals surface area contributed by atoms with Crippen LogP contribution < -0.4 is 0 Å². The summed E-state index contributed by atoms with van der Waals surface area (Å²) in [6.45, 7) is 4.14. The maximum atomic E-state index is 14.3. The molecule has 216 valence electrons. The third kappa shape index (κ3) is 8.66. The zero-order chi connectivity index (χ0) is 29.1. The van der Waals surface area contributed by atoms with Crippen molar-refractivity contribution in [1.29, 1.82) is 10.5 Å². The summed E-state index contributed by atoms with van der Waals surface area (Å²) in [6, 6.07) is 3.40. The Kier molecular flexibility index (Phi) is 12.2. The number of alkyl halides is 4. The van der Waals surface area contributed by atoms with Gasteiger partial charge in [-0.2, -0.15) is 10.5 Å². The van der Waals surface area contributed by atoms with Gasteiger partial charge in [0.25, 0.3) is 0 Å². The molecule has 7 atom stereocenters. The maximum Gasteiger partial charge on any atom is 0.310 e. The number of hydrogen-bond acceptors (Lipinski definition) is 5. The van der Waals surface area contributed by atoms with E-state index in [0.29, 0.717) is 38.7 Å². The van der Waals surface area contributed by atoms with E-state index in [1.54, 1.807) is 12.1 Å². The van der Waals surface area contributed by atoms with Crippen LogP contribution >= 0.6 is 0 Å². The highest BCUT2D eigenvalue weighted by Crippen LogP contribution is 2.37. The fourth-order valence-corrected chi connectivity index (χ4v) is 5.72. The van der Waals surface area contributed by atoms with Gasteiger partial charge in [0.05, 0.1) is 37.5 Å². The van der Waals surface area contributed by atoms with E-state index in [1.165, 1.54) is 6.26 Å². The number of hydrogen-bond donors (Lipinski definition) is 0. The lowest BCUT2D eigenvalue weighted by Crippen LogP contribution is -2.35. The van der Waals surface area contributed by atoms with Gasteiger partial charge < -0.3 is 9.47 Å². The van der Waals surface area contributed by atoms with Gasteiger partial charge in [-0.3, -0.25) is 4.79 Å². The smallest absolute Gasteiger partial charge is 0.310 e. The van der Waals surface area contributed by atoms with Gasteiger partial charge in [0, 0.05) is 23.7 Å². The van der Waals surface area contributed by atoms with Crippen molar-refractivity contribution in [3.8, 4) is 35.8 Å². The van der Waals surface area contributed by atoms with Crippen molar-refractivity contribution >= 4 is 5.97 Å². The molecule has 0 radical (unpaired) electrons. The second-order valence-corrected chi connectivity index (χ2v) is 10.9. The summed E-state index contributed by atoms with van der Waals surface area (Å²) in [5, 5.41) is 18.0. The first-order chi connectivity index (χ1) is 19.3. The molecule has 0 amide bonds. The first-order valence-corrected chi connectivity index (χ1v) is 14.0. The Morgan fingerprint density at radius 3 is 1.77 bits per heavy atom. The first kappa shape index (κ1) is 31.4. The number of nitrogens with zero attached hydrogens (tertiary/aromatic N) is 2. The van der Waals surface area contributed by atoms with Crippen molar-refractivity contribution in [2.75, 3.05) is 13.2 Å². The SMILES string of the molecule is C=COCCCCOC(=O)C1CC(C#CC2CC(F)C(C#N)C(F)C2)CCC1C#CC1CC(F)C(C#N)C(F)C1. The molecule has 3 rings (SSSR count). The summed E-state index contributed by atoms with van der Waals surface area (Å²) in [4.78, 5) is 13.1. The fraction of sp³-hybridized carbons (Fsp3) is 0.710. The Labute approximate surface area is 234 Å². The topological polar surface area (TPSA) is 83.1 Å². The lowest BCUT2D eigenvalue weighted by molar-refractivity contribution is -0.151. The second-order valence-electron chi connectivity index (χ2n) is 10.9. The number of carbonyl (C=O) groups is 1. The molecule has 3 aliphatic rings. The van der Waals surface area contributed by atoms with Crippen molar-refractivity contribution < 1.29 is 31.8 Å². The van der Waals surface area contributed by atoms with E-state index >= 15 is 0 Å². The van der Waals surface area contributed by atoms with Gasteiger partial charge in [-0.15, -0.1) is 0 Å². The zero-order valence-corrected chi connectivity index (χ0v) is 22.5. The summed E-state index contributed by atoms with van der Waals surface area (Å²) in [5.74, 6) is 6.99. The summed E-state index contributed by atoms with van der Waals surface area (Å²) in [5.41, 5.74) is 0. The van der Waals surface area contributed by atoms with E-state index in [1.807, 2.05) is 0 Å². The molecule has 40 heavy (non-hydrogen) atoms. The molecule has 5 nitrogen and oxygen atoms in total. The van der Waals surface area contributed by atoms with E-state index in [9.17, 15) is 22.4 Å². The molecular formula is C31H36F4N2O3. The molecule has 7 unspecified atom stereocenters. The van der Waals surface area contributed by atoms with Crippen molar-refractivity contribution in [2.45, 2.75) is 82.5 Å². The van der Waals surface area contributed by atoms with Gasteiger partial charge >= 0.3 is 5.97 Å². The van der Waals surface area contributed by atoms with E-state index in [-0.39, 0.29) is 44.1 Å². The molecule has 0 heterocycles. The summed E-state index contributed by atoms with van der Waals surface area (Å²) < 4.78 is 67.5. The van der Waals surface area contributed by atoms with Gasteiger partial charge in [-0.1, -0.05) is 30.3 Å². The van der Waals surface area contributed by atoms with Crippen LogP contribution in [0.25, 0.3) is 0 Å². The Morgan fingerprint density at radius 1 is 0.750 bits per heavy atom. The summed E-state index contributed by atoms with van der Waals surface area (Å²) in [7, 11) is 0. The third-order valence-corrected chi connectivity index (χ3v) is 8.03. The number of carbonyl (C=O) groups excluding carboxylic acids is 1. The average Bonchev–Trinajstić information content (AvgIpc) is 2.92.